The van der Waals surface area contributed by atoms with Crippen molar-refractivity contribution in [3.8, 4) is 0 Å². The molecule has 2 aromatic heterocycles. The number of halogens is 1. The number of hydrogen-bond acceptors (Lipinski definition) is 10. The molecule has 1 aromatic carbocycles. The number of nitrogens with one attached hydrogen (secondary N) is 1. The number of aromatic nitrogens is 1. The van der Waals surface area contributed by atoms with Gasteiger partial charge < -0.3 is 19.4 Å². The van der Waals surface area contributed by atoms with Crippen LogP contribution < -0.4 is 10.1 Å². The van der Waals surface area contributed by atoms with Crippen molar-refractivity contribution in [3.63, 3.8) is 0 Å². The van der Waals surface area contributed by atoms with Crippen molar-refractivity contribution in [1.29, 1.82) is 0 Å². The van der Waals surface area contributed by atoms with Gasteiger partial charge in [0.1, 0.15) is 23.1 Å². The standard InChI is InChI=1S/C24H24ClN3O8S3/c1-3-36-20(31)10-28-15-8-7-13(25)9-17(15)38-24(28)27-19(30)12-39(33,34)11-18(29)26-22-21(23(32)35-2)14-5-4-6-16(14)37-22/h7-9H,3-6,10-12H2,1-2H3,(H,26,29). The highest BCUT2D eigenvalue weighted by Gasteiger charge is 2.29. The number of esters is 2. The Bertz CT molecular complexity index is 1650. The van der Waals surface area contributed by atoms with Crippen molar-refractivity contribution in [3.05, 3.63) is 44.0 Å². The van der Waals surface area contributed by atoms with Gasteiger partial charge in [-0.2, -0.15) is 4.99 Å². The molecule has 2 amide bonds. The second kappa shape index (κ2) is 12.0. The quantitative estimate of drug-likeness (QED) is 0.362. The molecule has 15 heteroatoms. The van der Waals surface area contributed by atoms with Gasteiger partial charge in [-0.3, -0.25) is 14.4 Å². The van der Waals surface area contributed by atoms with E-state index in [9.17, 15) is 27.6 Å². The van der Waals surface area contributed by atoms with Gasteiger partial charge in [0.05, 0.1) is 29.5 Å². The van der Waals surface area contributed by atoms with E-state index in [1.807, 2.05) is 0 Å². The van der Waals surface area contributed by atoms with E-state index < -0.39 is 45.1 Å². The summed E-state index contributed by atoms with van der Waals surface area (Å²) in [7, 11) is -2.99. The number of rotatable bonds is 9. The first-order chi connectivity index (χ1) is 18.5. The Morgan fingerprint density at radius 3 is 2.64 bits per heavy atom. The first-order valence-corrected chi connectivity index (χ1v) is 15.6. The number of thiazole rings is 1. The normalized spacial score (nSPS) is 13.4. The highest BCUT2D eigenvalue weighted by molar-refractivity contribution is 7.92. The molecule has 0 bridgehead atoms. The zero-order valence-corrected chi connectivity index (χ0v) is 24.2. The summed E-state index contributed by atoms with van der Waals surface area (Å²) in [5.74, 6) is -5.08. The fraction of sp³-hybridized carbons (Fsp3) is 0.375. The van der Waals surface area contributed by atoms with E-state index in [0.29, 0.717) is 21.7 Å². The number of carbonyl (C=O) groups excluding carboxylic acids is 4. The van der Waals surface area contributed by atoms with Gasteiger partial charge in [-0.15, -0.1) is 11.3 Å². The number of methoxy groups -OCH3 is 1. The molecule has 0 saturated carbocycles. The summed E-state index contributed by atoms with van der Waals surface area (Å²) >= 11 is 8.32. The minimum Gasteiger partial charge on any atom is -0.465 e. The zero-order valence-electron chi connectivity index (χ0n) is 20.9. The average Bonchev–Trinajstić information content (AvgIpc) is 3.51. The first-order valence-electron chi connectivity index (χ1n) is 11.8. The summed E-state index contributed by atoms with van der Waals surface area (Å²) in [4.78, 5) is 54.6. The Kier molecular flexibility index (Phi) is 8.89. The minimum atomic E-state index is -4.22. The number of anilines is 1. The number of aryl methyl sites for hydroxylation is 1. The van der Waals surface area contributed by atoms with E-state index >= 15 is 0 Å². The molecule has 0 aliphatic heterocycles. The summed E-state index contributed by atoms with van der Waals surface area (Å²) in [6.07, 6.45) is 2.31. The lowest BCUT2D eigenvalue weighted by atomic mass is 10.1. The number of sulfone groups is 1. The van der Waals surface area contributed by atoms with E-state index in [2.05, 4.69) is 10.3 Å². The number of fused-ring (bicyclic) bond motifs is 2. The van der Waals surface area contributed by atoms with Crippen molar-refractivity contribution in [2.24, 2.45) is 4.99 Å². The fourth-order valence-electron chi connectivity index (χ4n) is 4.17. The topological polar surface area (TPSA) is 150 Å². The molecule has 1 aliphatic rings. The SMILES string of the molecule is CCOC(=O)Cn1c(=NC(=O)CS(=O)(=O)CC(=O)Nc2sc3c(c2C(=O)OC)CCC3)sc2cc(Cl)ccc21. The third kappa shape index (κ3) is 6.75. The molecule has 0 unspecified atom stereocenters. The molecule has 11 nitrogen and oxygen atoms in total. The molecule has 3 aromatic rings. The molecule has 0 radical (unpaired) electrons. The Morgan fingerprint density at radius 1 is 1.15 bits per heavy atom. The molecule has 1 N–H and O–H groups in total. The smallest absolute Gasteiger partial charge is 0.341 e. The van der Waals surface area contributed by atoms with E-state index in [1.54, 1.807) is 25.1 Å². The van der Waals surface area contributed by atoms with Crippen molar-refractivity contribution in [2.75, 3.05) is 30.5 Å². The van der Waals surface area contributed by atoms with Gasteiger partial charge in [-0.25, -0.2) is 13.2 Å². The molecule has 0 saturated heterocycles. The maximum absolute atomic E-state index is 12.7. The number of thiophene rings is 1. The van der Waals surface area contributed by atoms with Crippen LogP contribution in [0.4, 0.5) is 5.00 Å². The zero-order chi connectivity index (χ0) is 28.3. The Balaban J connectivity index is 1.52. The molecule has 0 fully saturated rings. The number of benzene rings is 1. The van der Waals surface area contributed by atoms with Gasteiger partial charge in [-0.1, -0.05) is 22.9 Å². The Morgan fingerprint density at radius 2 is 1.92 bits per heavy atom. The minimum absolute atomic E-state index is 0.0841. The van der Waals surface area contributed by atoms with E-state index in [1.165, 1.54) is 23.0 Å². The molecule has 0 spiro atoms. The lowest BCUT2D eigenvalue weighted by molar-refractivity contribution is -0.143. The summed E-state index contributed by atoms with van der Waals surface area (Å²) < 4.78 is 37.3. The number of ether oxygens (including phenoxy) is 2. The molecule has 0 atom stereocenters. The van der Waals surface area contributed by atoms with Crippen molar-refractivity contribution in [1.82, 2.24) is 4.57 Å². The third-order valence-electron chi connectivity index (χ3n) is 5.72. The van der Waals surface area contributed by atoms with Crippen LogP contribution in [-0.4, -0.2) is 62.0 Å². The van der Waals surface area contributed by atoms with Gasteiger partial charge in [0.25, 0.3) is 5.91 Å². The number of amides is 2. The molecule has 39 heavy (non-hydrogen) atoms. The summed E-state index contributed by atoms with van der Waals surface area (Å²) in [6.45, 7) is 1.57. The monoisotopic (exact) mass is 613 g/mol. The Hall–Kier alpha value is -3.07. The van der Waals surface area contributed by atoms with Crippen LogP contribution in [-0.2, 0) is 53.1 Å². The van der Waals surface area contributed by atoms with Crippen LogP contribution in [0, 0.1) is 0 Å². The second-order valence-corrected chi connectivity index (χ2v) is 13.1. The van der Waals surface area contributed by atoms with E-state index in [-0.39, 0.29) is 28.5 Å². The first kappa shape index (κ1) is 28.9. The number of hydrogen-bond donors (Lipinski definition) is 1. The Labute approximate surface area is 236 Å². The van der Waals surface area contributed by atoms with E-state index in [4.69, 9.17) is 21.1 Å². The summed E-state index contributed by atoms with van der Waals surface area (Å²) in [5, 5.41) is 3.16. The van der Waals surface area contributed by atoms with Crippen molar-refractivity contribution in [2.45, 2.75) is 32.7 Å². The van der Waals surface area contributed by atoms with Crippen LogP contribution in [0.1, 0.15) is 34.1 Å². The van der Waals surface area contributed by atoms with Gasteiger partial charge >= 0.3 is 11.9 Å². The maximum Gasteiger partial charge on any atom is 0.341 e. The number of nitrogens with zero attached hydrogens (tertiary/aromatic N) is 2. The van der Waals surface area contributed by atoms with E-state index in [0.717, 1.165) is 34.6 Å². The van der Waals surface area contributed by atoms with Crippen LogP contribution in [0.2, 0.25) is 5.02 Å². The average molecular weight is 614 g/mol. The van der Waals surface area contributed by atoms with Crippen LogP contribution >= 0.6 is 34.3 Å². The van der Waals surface area contributed by atoms with Gasteiger partial charge in [0.15, 0.2) is 14.6 Å². The largest absolute Gasteiger partial charge is 0.465 e. The fourth-order valence-corrected chi connectivity index (χ4v) is 7.80. The van der Waals surface area contributed by atoms with Crippen LogP contribution in [0.5, 0.6) is 0 Å². The summed E-state index contributed by atoms with van der Waals surface area (Å²) in [5.41, 5.74) is 1.61. The molecule has 1 aliphatic carbocycles. The highest BCUT2D eigenvalue weighted by atomic mass is 35.5. The van der Waals surface area contributed by atoms with Gasteiger partial charge in [-0.05, 0) is 49.9 Å². The van der Waals surface area contributed by atoms with Gasteiger partial charge in [0, 0.05) is 9.90 Å². The van der Waals surface area contributed by atoms with Crippen molar-refractivity contribution >= 4 is 83.1 Å². The molecule has 2 heterocycles. The lowest BCUT2D eigenvalue weighted by Crippen LogP contribution is -2.29. The second-order valence-electron chi connectivity index (χ2n) is 8.53. The lowest BCUT2D eigenvalue weighted by Gasteiger charge is -2.07. The highest BCUT2D eigenvalue weighted by Crippen LogP contribution is 2.39. The van der Waals surface area contributed by atoms with Crippen molar-refractivity contribution < 1.29 is 37.1 Å². The predicted molar refractivity (Wildman–Crippen MR) is 147 cm³/mol. The molecule has 4 rings (SSSR count). The number of carbonyl (C=O) groups is 4. The van der Waals surface area contributed by atoms with Crippen LogP contribution in [0.15, 0.2) is 23.2 Å². The predicted octanol–water partition coefficient (Wildman–Crippen LogP) is 2.74. The van der Waals surface area contributed by atoms with Crippen LogP contribution in [0.25, 0.3) is 10.2 Å². The third-order valence-corrected chi connectivity index (χ3v) is 9.59. The van der Waals surface area contributed by atoms with Gasteiger partial charge in [0.2, 0.25) is 5.91 Å². The van der Waals surface area contributed by atoms with Crippen LogP contribution in [0.3, 0.4) is 0 Å². The molecule has 208 valence electrons. The molecular weight excluding hydrogens is 590 g/mol. The molecular formula is C24H24ClN3O8S3. The maximum atomic E-state index is 12.7. The summed E-state index contributed by atoms with van der Waals surface area (Å²) in [6, 6.07) is 4.90.